The Bertz CT molecular complexity index is 251. The van der Waals surface area contributed by atoms with Crippen LogP contribution in [0.15, 0.2) is 24.3 Å². The molecule has 1 aromatic carbocycles. The summed E-state index contributed by atoms with van der Waals surface area (Å²) in [6, 6.07) is 5.90. The quantitative estimate of drug-likeness (QED) is 0.658. The first-order valence-corrected chi connectivity index (χ1v) is 3.14. The van der Waals surface area contributed by atoms with Crippen LogP contribution in [0.2, 0.25) is 0 Å². The van der Waals surface area contributed by atoms with Gasteiger partial charge in [-0.25, -0.2) is 4.79 Å². The van der Waals surface area contributed by atoms with E-state index in [1.54, 1.807) is 0 Å². The molecule has 0 bridgehead atoms. The Morgan fingerprint density at radius 1 is 1.36 bits per heavy atom. The Labute approximate surface area is 63.9 Å². The van der Waals surface area contributed by atoms with Crippen molar-refractivity contribution in [1.82, 2.24) is 0 Å². The zero-order chi connectivity index (χ0) is 8.27. The highest BCUT2D eigenvalue weighted by atomic mass is 16.4. The molecule has 1 aromatic rings. The first-order valence-electron chi connectivity index (χ1n) is 3.14. The molecule has 0 aliphatic rings. The summed E-state index contributed by atoms with van der Waals surface area (Å²) in [6.45, 7) is -0.306. The Morgan fingerprint density at radius 2 is 1.91 bits per heavy atom. The minimum Gasteiger partial charge on any atom is -0.851 e. The van der Waals surface area contributed by atoms with Gasteiger partial charge in [0.2, 0.25) is 0 Å². The van der Waals surface area contributed by atoms with Crippen molar-refractivity contribution in [2.75, 3.05) is 0 Å². The van der Waals surface area contributed by atoms with Crippen molar-refractivity contribution in [1.29, 1.82) is 0 Å². The Morgan fingerprint density at radius 3 is 2.27 bits per heavy atom. The molecule has 11 heavy (non-hydrogen) atoms. The van der Waals surface area contributed by atoms with Crippen molar-refractivity contribution < 1.29 is 15.0 Å². The average molecular weight is 151 g/mol. The maximum atomic E-state index is 10.3. The van der Waals surface area contributed by atoms with Crippen LogP contribution in [0, 0.1) is 0 Å². The van der Waals surface area contributed by atoms with Crippen LogP contribution in [0.4, 0.5) is 0 Å². The summed E-state index contributed by atoms with van der Waals surface area (Å²) in [5.74, 6) is -0.970. The van der Waals surface area contributed by atoms with Gasteiger partial charge in [-0.05, 0) is 12.1 Å². The van der Waals surface area contributed by atoms with Crippen LogP contribution in [0.5, 0.6) is 0 Å². The molecule has 1 rings (SSSR count). The van der Waals surface area contributed by atoms with Gasteiger partial charge in [0.05, 0.1) is 5.56 Å². The molecule has 0 saturated carbocycles. The summed E-state index contributed by atoms with van der Waals surface area (Å²) in [6.07, 6.45) is 0. The monoisotopic (exact) mass is 151 g/mol. The maximum Gasteiger partial charge on any atom is 0.335 e. The molecule has 0 fully saturated rings. The third-order valence-electron chi connectivity index (χ3n) is 1.37. The topological polar surface area (TPSA) is 60.4 Å². The number of hydrogen-bond acceptors (Lipinski definition) is 2. The van der Waals surface area contributed by atoms with E-state index in [0.717, 1.165) is 0 Å². The molecule has 0 aliphatic heterocycles. The highest BCUT2D eigenvalue weighted by Crippen LogP contribution is 2.02. The van der Waals surface area contributed by atoms with E-state index in [1.165, 1.54) is 24.3 Å². The summed E-state index contributed by atoms with van der Waals surface area (Å²) in [5.41, 5.74) is 0.817. The van der Waals surface area contributed by atoms with Crippen LogP contribution in [-0.2, 0) is 6.61 Å². The zero-order valence-electron chi connectivity index (χ0n) is 5.78. The number of hydrogen-bond donors (Lipinski definition) is 1. The van der Waals surface area contributed by atoms with Crippen molar-refractivity contribution in [2.24, 2.45) is 0 Å². The molecule has 1 N–H and O–H groups in total. The van der Waals surface area contributed by atoms with Crippen LogP contribution < -0.4 is 5.11 Å². The van der Waals surface area contributed by atoms with Gasteiger partial charge in [-0.15, -0.1) is 6.61 Å². The third kappa shape index (κ3) is 1.78. The molecular formula is C8H7O3-. The van der Waals surface area contributed by atoms with Gasteiger partial charge in [-0.2, -0.15) is 0 Å². The molecule has 0 spiro atoms. The van der Waals surface area contributed by atoms with Crippen LogP contribution >= 0.6 is 0 Å². The summed E-state index contributed by atoms with van der Waals surface area (Å²) in [7, 11) is 0. The first-order chi connectivity index (χ1) is 5.24. The van der Waals surface area contributed by atoms with Gasteiger partial charge in [0, 0.05) is 0 Å². The highest BCUT2D eigenvalue weighted by molar-refractivity contribution is 5.87. The molecule has 3 nitrogen and oxygen atoms in total. The SMILES string of the molecule is O=C(O)c1ccc(C[O-])cc1. The number of carboxylic acid groups (broad SMARTS) is 1. The van der Waals surface area contributed by atoms with E-state index < -0.39 is 5.97 Å². The fourth-order valence-electron chi connectivity index (χ4n) is 0.744. The van der Waals surface area contributed by atoms with E-state index in [2.05, 4.69) is 0 Å². The number of carboxylic acids is 1. The molecule has 0 radical (unpaired) electrons. The Hall–Kier alpha value is -1.35. The molecule has 0 atom stereocenters. The van der Waals surface area contributed by atoms with E-state index in [1.807, 2.05) is 0 Å². The van der Waals surface area contributed by atoms with Gasteiger partial charge in [0.25, 0.3) is 0 Å². The van der Waals surface area contributed by atoms with Gasteiger partial charge in [-0.1, -0.05) is 17.7 Å². The summed E-state index contributed by atoms with van der Waals surface area (Å²) >= 11 is 0. The Balaban J connectivity index is 2.91. The molecule has 3 heteroatoms. The average Bonchev–Trinajstić information content (AvgIpc) is 2.05. The molecule has 0 aliphatic carbocycles. The van der Waals surface area contributed by atoms with Crippen molar-refractivity contribution in [3.05, 3.63) is 35.4 Å². The van der Waals surface area contributed by atoms with Crippen LogP contribution in [0.1, 0.15) is 15.9 Å². The van der Waals surface area contributed by atoms with Gasteiger partial charge in [0.1, 0.15) is 0 Å². The second kappa shape index (κ2) is 3.16. The number of aromatic carboxylic acids is 1. The minimum atomic E-state index is -0.970. The van der Waals surface area contributed by atoms with Gasteiger partial charge in [0.15, 0.2) is 0 Å². The lowest BCUT2D eigenvalue weighted by Crippen LogP contribution is -2.03. The van der Waals surface area contributed by atoms with E-state index in [9.17, 15) is 9.90 Å². The summed E-state index contributed by atoms with van der Waals surface area (Å²) in [4.78, 5) is 10.3. The second-order valence-electron chi connectivity index (χ2n) is 2.15. The minimum absolute atomic E-state index is 0.210. The first kappa shape index (κ1) is 7.75. The Kier molecular flexibility index (Phi) is 2.23. The molecule has 0 unspecified atom stereocenters. The van der Waals surface area contributed by atoms with E-state index in [4.69, 9.17) is 5.11 Å². The van der Waals surface area contributed by atoms with E-state index >= 15 is 0 Å². The predicted molar refractivity (Wildman–Crippen MR) is 37.1 cm³/mol. The van der Waals surface area contributed by atoms with Crippen molar-refractivity contribution in [3.63, 3.8) is 0 Å². The molecule has 0 amide bonds. The molecule has 58 valence electrons. The zero-order valence-corrected chi connectivity index (χ0v) is 5.78. The molecular weight excluding hydrogens is 144 g/mol. The van der Waals surface area contributed by atoms with Gasteiger partial charge < -0.3 is 10.2 Å². The predicted octanol–water partition coefficient (Wildman–Crippen LogP) is 0.245. The second-order valence-corrected chi connectivity index (χ2v) is 2.15. The standard InChI is InChI=1S/C8H7O3/c9-5-6-1-3-7(4-2-6)8(10)11/h1-4H,5H2,(H,10,11)/q-1. The van der Waals surface area contributed by atoms with Crippen LogP contribution in [0.25, 0.3) is 0 Å². The number of carbonyl (C=O) groups is 1. The molecule has 0 heterocycles. The molecule has 0 saturated heterocycles. The number of benzene rings is 1. The smallest absolute Gasteiger partial charge is 0.335 e. The normalized spacial score (nSPS) is 9.55. The van der Waals surface area contributed by atoms with E-state index in [0.29, 0.717) is 5.56 Å². The van der Waals surface area contributed by atoms with Gasteiger partial charge >= 0.3 is 5.97 Å². The molecule has 0 aromatic heterocycles. The van der Waals surface area contributed by atoms with Crippen molar-refractivity contribution in [2.45, 2.75) is 6.61 Å². The fraction of sp³-hybridized carbons (Fsp3) is 0.125. The summed E-state index contributed by atoms with van der Waals surface area (Å²) in [5, 5.41) is 18.7. The lowest BCUT2D eigenvalue weighted by atomic mass is 10.1. The highest BCUT2D eigenvalue weighted by Gasteiger charge is 1.98. The van der Waals surface area contributed by atoms with Gasteiger partial charge in [-0.3, -0.25) is 0 Å². The lowest BCUT2D eigenvalue weighted by molar-refractivity contribution is -0.386. The van der Waals surface area contributed by atoms with E-state index in [-0.39, 0.29) is 12.2 Å². The fourth-order valence-corrected chi connectivity index (χ4v) is 0.744. The van der Waals surface area contributed by atoms with Crippen LogP contribution in [0.3, 0.4) is 0 Å². The third-order valence-corrected chi connectivity index (χ3v) is 1.37. The number of rotatable bonds is 2. The maximum absolute atomic E-state index is 10.3. The summed E-state index contributed by atoms with van der Waals surface area (Å²) < 4.78 is 0. The van der Waals surface area contributed by atoms with Crippen LogP contribution in [-0.4, -0.2) is 11.1 Å². The largest absolute Gasteiger partial charge is 0.851 e. The lowest BCUT2D eigenvalue weighted by Gasteiger charge is -2.02. The van der Waals surface area contributed by atoms with Crippen molar-refractivity contribution >= 4 is 5.97 Å². The van der Waals surface area contributed by atoms with Crippen molar-refractivity contribution in [3.8, 4) is 0 Å².